The Bertz CT molecular complexity index is 551. The third-order valence-corrected chi connectivity index (χ3v) is 3.37. The third kappa shape index (κ3) is 4.55. The van der Waals surface area contributed by atoms with Crippen LogP contribution in [0, 0.1) is 0 Å². The molecule has 1 rings (SSSR count). The summed E-state index contributed by atoms with van der Waals surface area (Å²) in [5.74, 6) is -1.58. The lowest BCUT2D eigenvalue weighted by Crippen LogP contribution is -2.32. The van der Waals surface area contributed by atoms with E-state index < -0.39 is 23.2 Å². The number of nitrogens with zero attached hydrogens (tertiary/aromatic N) is 2. The van der Waals surface area contributed by atoms with Crippen molar-refractivity contribution in [2.24, 2.45) is 0 Å². The molecule has 1 atom stereocenters. The summed E-state index contributed by atoms with van der Waals surface area (Å²) in [6.07, 6.45) is 1.40. The van der Waals surface area contributed by atoms with E-state index >= 15 is 0 Å². The Kier molecular flexibility index (Phi) is 7.03. The Morgan fingerprint density at radius 3 is 2.36 bits per heavy atom. The van der Waals surface area contributed by atoms with Crippen molar-refractivity contribution in [3.05, 3.63) is 28.2 Å². The molecule has 8 nitrogen and oxygen atoms in total. The molecule has 0 aliphatic rings. The fourth-order valence-corrected chi connectivity index (χ4v) is 2.27. The maximum atomic E-state index is 11.6. The Balaban J connectivity index is 3.23. The maximum Gasteiger partial charge on any atom is 0.326 e. The lowest BCUT2D eigenvalue weighted by atomic mass is 10.2. The van der Waals surface area contributed by atoms with Crippen LogP contribution in [0.4, 0.5) is 0 Å². The first-order valence-corrected chi connectivity index (χ1v) is 7.05. The average Bonchev–Trinajstić information content (AvgIpc) is 2.45. The van der Waals surface area contributed by atoms with Crippen molar-refractivity contribution in [1.29, 1.82) is 0 Å². The molecule has 0 radical (unpaired) electrons. The molecule has 0 saturated heterocycles. The number of aliphatic hydroxyl groups is 2. The molecule has 0 spiro atoms. The SMILES string of the molecule is CCC(C(=O)O)n1cc(O)c(=O)cc1CN(CCO)CCO. The van der Waals surface area contributed by atoms with Crippen molar-refractivity contribution in [1.82, 2.24) is 9.47 Å². The molecule has 1 heterocycles. The smallest absolute Gasteiger partial charge is 0.326 e. The van der Waals surface area contributed by atoms with Gasteiger partial charge in [-0.05, 0) is 6.42 Å². The highest BCUT2D eigenvalue weighted by molar-refractivity contribution is 5.72. The first kappa shape index (κ1) is 18.1. The summed E-state index contributed by atoms with van der Waals surface area (Å²) in [6.45, 7) is 2.17. The highest BCUT2D eigenvalue weighted by atomic mass is 16.4. The second-order valence-electron chi connectivity index (χ2n) is 4.91. The van der Waals surface area contributed by atoms with Crippen LogP contribution in [0.25, 0.3) is 0 Å². The quantitative estimate of drug-likeness (QED) is 0.479. The molecule has 124 valence electrons. The molecule has 0 aliphatic heterocycles. The molecule has 1 aromatic rings. The number of aromatic hydroxyl groups is 1. The van der Waals surface area contributed by atoms with Crippen molar-refractivity contribution in [3.8, 4) is 5.75 Å². The van der Waals surface area contributed by atoms with Gasteiger partial charge >= 0.3 is 5.97 Å². The summed E-state index contributed by atoms with van der Waals surface area (Å²) in [5, 5.41) is 36.9. The Hall–Kier alpha value is -1.90. The van der Waals surface area contributed by atoms with Crippen LogP contribution in [0.3, 0.4) is 0 Å². The van der Waals surface area contributed by atoms with Crippen LogP contribution in [0.1, 0.15) is 25.1 Å². The fourth-order valence-electron chi connectivity index (χ4n) is 2.27. The minimum atomic E-state index is -1.07. The number of pyridine rings is 1. The molecule has 0 aliphatic carbocycles. The second kappa shape index (κ2) is 8.52. The lowest BCUT2D eigenvalue weighted by molar-refractivity contribution is -0.141. The van der Waals surface area contributed by atoms with Crippen molar-refractivity contribution in [3.63, 3.8) is 0 Å². The molecule has 0 saturated carbocycles. The van der Waals surface area contributed by atoms with Gasteiger partial charge in [-0.2, -0.15) is 0 Å². The van der Waals surface area contributed by atoms with Crippen LogP contribution in [-0.4, -0.2) is 62.2 Å². The Morgan fingerprint density at radius 2 is 1.91 bits per heavy atom. The largest absolute Gasteiger partial charge is 0.503 e. The van der Waals surface area contributed by atoms with Gasteiger partial charge in [0.1, 0.15) is 6.04 Å². The predicted molar refractivity (Wildman–Crippen MR) is 78.8 cm³/mol. The van der Waals surface area contributed by atoms with Crippen molar-refractivity contribution in [2.45, 2.75) is 25.9 Å². The van der Waals surface area contributed by atoms with Crippen LogP contribution in [0.5, 0.6) is 5.75 Å². The van der Waals surface area contributed by atoms with E-state index in [-0.39, 0.29) is 39.3 Å². The highest BCUT2D eigenvalue weighted by Crippen LogP contribution is 2.18. The van der Waals surface area contributed by atoms with E-state index in [0.717, 1.165) is 6.20 Å². The monoisotopic (exact) mass is 314 g/mol. The standard InChI is InChI=1S/C14H22N2O6/c1-2-11(14(21)22)16-9-13(20)12(19)7-10(16)8-15(3-5-17)4-6-18/h7,9,11,17-18,20H,2-6,8H2,1H3,(H,21,22). The van der Waals surface area contributed by atoms with E-state index in [1.54, 1.807) is 11.8 Å². The topological polar surface area (TPSA) is 123 Å². The number of aliphatic hydroxyl groups excluding tert-OH is 2. The summed E-state index contributed by atoms with van der Waals surface area (Å²) in [7, 11) is 0. The first-order valence-electron chi connectivity index (χ1n) is 7.05. The fraction of sp³-hybridized carbons (Fsp3) is 0.571. The summed E-state index contributed by atoms with van der Waals surface area (Å²) >= 11 is 0. The number of aromatic nitrogens is 1. The minimum absolute atomic E-state index is 0.127. The molecule has 0 amide bonds. The molecule has 0 fully saturated rings. The van der Waals surface area contributed by atoms with E-state index in [0.29, 0.717) is 5.69 Å². The zero-order valence-corrected chi connectivity index (χ0v) is 12.5. The van der Waals surface area contributed by atoms with Crippen LogP contribution >= 0.6 is 0 Å². The number of carbonyl (C=O) groups is 1. The van der Waals surface area contributed by atoms with E-state index in [1.807, 2.05) is 0 Å². The molecule has 4 N–H and O–H groups in total. The number of carboxylic acid groups (broad SMARTS) is 1. The first-order chi connectivity index (χ1) is 10.4. The number of rotatable bonds is 9. The molecule has 1 unspecified atom stereocenters. The van der Waals surface area contributed by atoms with Crippen molar-refractivity contribution < 1.29 is 25.2 Å². The van der Waals surface area contributed by atoms with Gasteiger partial charge in [0, 0.05) is 31.4 Å². The number of hydrogen-bond acceptors (Lipinski definition) is 6. The predicted octanol–water partition coefficient (Wildman–Crippen LogP) is -0.624. The summed E-state index contributed by atoms with van der Waals surface area (Å²) in [5.41, 5.74) is -0.196. The average molecular weight is 314 g/mol. The summed E-state index contributed by atoms with van der Waals surface area (Å²) in [4.78, 5) is 24.7. The number of hydrogen-bond donors (Lipinski definition) is 4. The molecule has 0 aromatic carbocycles. The molecule has 0 bridgehead atoms. The zero-order valence-electron chi connectivity index (χ0n) is 12.5. The van der Waals surface area contributed by atoms with Gasteiger partial charge in [-0.25, -0.2) is 4.79 Å². The molecular weight excluding hydrogens is 292 g/mol. The third-order valence-electron chi connectivity index (χ3n) is 3.37. The van der Waals surface area contributed by atoms with Crippen molar-refractivity contribution in [2.75, 3.05) is 26.3 Å². The second-order valence-corrected chi connectivity index (χ2v) is 4.91. The highest BCUT2D eigenvalue weighted by Gasteiger charge is 2.21. The summed E-state index contributed by atoms with van der Waals surface area (Å²) < 4.78 is 1.35. The molecule has 22 heavy (non-hydrogen) atoms. The van der Waals surface area contributed by atoms with Crippen LogP contribution in [0.15, 0.2) is 17.1 Å². The van der Waals surface area contributed by atoms with Gasteiger partial charge in [0.05, 0.1) is 19.4 Å². The molecule has 1 aromatic heterocycles. The normalized spacial score (nSPS) is 12.5. The summed E-state index contributed by atoms with van der Waals surface area (Å²) in [6, 6.07) is 0.273. The van der Waals surface area contributed by atoms with Crippen LogP contribution < -0.4 is 5.43 Å². The van der Waals surface area contributed by atoms with Gasteiger partial charge < -0.3 is 25.0 Å². The van der Waals surface area contributed by atoms with Gasteiger partial charge in [0.25, 0.3) is 0 Å². The van der Waals surface area contributed by atoms with Gasteiger partial charge in [-0.1, -0.05) is 6.92 Å². The van der Waals surface area contributed by atoms with Gasteiger partial charge in [0.2, 0.25) is 5.43 Å². The molecule has 8 heteroatoms. The van der Waals surface area contributed by atoms with Gasteiger partial charge in [0.15, 0.2) is 5.75 Å². The van der Waals surface area contributed by atoms with E-state index in [2.05, 4.69) is 0 Å². The van der Waals surface area contributed by atoms with E-state index in [4.69, 9.17) is 10.2 Å². The maximum absolute atomic E-state index is 11.6. The number of aliphatic carboxylic acids is 1. The van der Waals surface area contributed by atoms with Crippen molar-refractivity contribution >= 4 is 5.97 Å². The lowest BCUT2D eigenvalue weighted by Gasteiger charge is -2.25. The molecular formula is C14H22N2O6. The van der Waals surface area contributed by atoms with E-state index in [1.165, 1.54) is 10.6 Å². The van der Waals surface area contributed by atoms with E-state index in [9.17, 15) is 19.8 Å². The van der Waals surface area contributed by atoms with Crippen LogP contribution in [0.2, 0.25) is 0 Å². The zero-order chi connectivity index (χ0) is 16.7. The number of carboxylic acids is 1. The Morgan fingerprint density at radius 1 is 1.32 bits per heavy atom. The van der Waals surface area contributed by atoms with Gasteiger partial charge in [-0.3, -0.25) is 9.69 Å². The van der Waals surface area contributed by atoms with Gasteiger partial charge in [-0.15, -0.1) is 0 Å². The Labute approximate surface area is 127 Å². The minimum Gasteiger partial charge on any atom is -0.503 e. The van der Waals surface area contributed by atoms with Crippen LogP contribution in [-0.2, 0) is 11.3 Å².